The van der Waals surface area contributed by atoms with Crippen molar-refractivity contribution in [2.75, 3.05) is 13.2 Å². The second-order valence-electron chi connectivity index (χ2n) is 5.52. The lowest BCUT2D eigenvalue weighted by atomic mass is 10.1. The molecule has 0 aromatic carbocycles. The number of hydrogen-bond acceptors (Lipinski definition) is 3. The predicted octanol–water partition coefficient (Wildman–Crippen LogP) is 1.73. The molecule has 1 fully saturated rings. The molecule has 118 valence electrons. The van der Waals surface area contributed by atoms with Crippen LogP contribution in [0.5, 0.6) is 0 Å². The molecular weight excluding hydrogens is 292 g/mol. The molecule has 0 saturated carbocycles. The molecule has 3 rings (SSSR count). The first kappa shape index (κ1) is 14.9. The Hall–Kier alpha value is -2.02. The third-order valence-corrected chi connectivity index (χ3v) is 3.86. The summed E-state index contributed by atoms with van der Waals surface area (Å²) in [5.41, 5.74) is 2.41. The van der Waals surface area contributed by atoms with Crippen molar-refractivity contribution in [2.45, 2.75) is 31.7 Å². The summed E-state index contributed by atoms with van der Waals surface area (Å²) in [6.45, 7) is 1.78. The van der Waals surface area contributed by atoms with E-state index in [1.165, 1.54) is 0 Å². The highest BCUT2D eigenvalue weighted by atomic mass is 19.3. The minimum Gasteiger partial charge on any atom is -0.379 e. The molecule has 5 nitrogen and oxygen atoms in total. The van der Waals surface area contributed by atoms with Gasteiger partial charge in [0.25, 0.3) is 5.92 Å². The number of imidazole rings is 1. The fraction of sp³-hybridized carbons (Fsp3) is 0.467. The van der Waals surface area contributed by atoms with E-state index in [1.807, 2.05) is 19.1 Å². The van der Waals surface area contributed by atoms with Crippen LogP contribution in [-0.2, 0) is 16.0 Å². The van der Waals surface area contributed by atoms with Crippen LogP contribution in [0, 0.1) is 6.92 Å². The SMILES string of the molecule is Cc1cccn2c(CC(=O)NC3COCCC3(F)F)cnc12. The highest BCUT2D eigenvalue weighted by Crippen LogP contribution is 2.27. The number of aromatic nitrogens is 2. The highest BCUT2D eigenvalue weighted by Gasteiger charge is 2.43. The van der Waals surface area contributed by atoms with E-state index in [9.17, 15) is 13.6 Å². The smallest absolute Gasteiger partial charge is 0.272 e. The van der Waals surface area contributed by atoms with Crippen molar-refractivity contribution >= 4 is 11.6 Å². The van der Waals surface area contributed by atoms with Crippen molar-refractivity contribution in [2.24, 2.45) is 0 Å². The van der Waals surface area contributed by atoms with Gasteiger partial charge in [0.15, 0.2) is 0 Å². The van der Waals surface area contributed by atoms with Gasteiger partial charge in [-0.25, -0.2) is 13.8 Å². The summed E-state index contributed by atoms with van der Waals surface area (Å²) in [5.74, 6) is -3.39. The van der Waals surface area contributed by atoms with Gasteiger partial charge in [-0.3, -0.25) is 4.79 Å². The largest absolute Gasteiger partial charge is 0.379 e. The van der Waals surface area contributed by atoms with Crippen LogP contribution in [-0.4, -0.2) is 40.5 Å². The number of halogens is 2. The molecule has 1 saturated heterocycles. The summed E-state index contributed by atoms with van der Waals surface area (Å²) in [6, 6.07) is 2.51. The van der Waals surface area contributed by atoms with Gasteiger partial charge in [-0.05, 0) is 18.6 Å². The van der Waals surface area contributed by atoms with Crippen LogP contribution in [0.4, 0.5) is 8.78 Å². The van der Waals surface area contributed by atoms with Gasteiger partial charge in [-0.1, -0.05) is 6.07 Å². The standard InChI is InChI=1S/C15H17F2N3O2/c1-10-3-2-5-20-11(8-18-14(10)20)7-13(21)19-12-9-22-6-4-15(12,16)17/h2-3,5,8,12H,4,6-7,9H2,1H3,(H,19,21). The van der Waals surface area contributed by atoms with E-state index in [4.69, 9.17) is 4.74 Å². The van der Waals surface area contributed by atoms with E-state index < -0.39 is 17.9 Å². The third-order valence-electron chi connectivity index (χ3n) is 3.86. The number of hydrogen-bond donors (Lipinski definition) is 1. The molecule has 1 aliphatic heterocycles. The first-order chi connectivity index (χ1) is 10.5. The van der Waals surface area contributed by atoms with Gasteiger partial charge < -0.3 is 14.5 Å². The van der Waals surface area contributed by atoms with E-state index in [-0.39, 0.29) is 26.1 Å². The van der Waals surface area contributed by atoms with E-state index >= 15 is 0 Å². The lowest BCUT2D eigenvalue weighted by molar-refractivity contribution is -0.139. The molecule has 3 heterocycles. The van der Waals surface area contributed by atoms with Crippen molar-refractivity contribution in [3.63, 3.8) is 0 Å². The maximum absolute atomic E-state index is 13.7. The quantitative estimate of drug-likeness (QED) is 0.939. The topological polar surface area (TPSA) is 55.6 Å². The number of aryl methyl sites for hydroxylation is 1. The van der Waals surface area contributed by atoms with Crippen LogP contribution in [0.25, 0.3) is 5.65 Å². The normalized spacial score (nSPS) is 21.0. The van der Waals surface area contributed by atoms with Gasteiger partial charge in [0.05, 0.1) is 25.3 Å². The van der Waals surface area contributed by atoms with E-state index in [0.29, 0.717) is 5.69 Å². The van der Waals surface area contributed by atoms with Gasteiger partial charge in [0.1, 0.15) is 11.7 Å². The van der Waals surface area contributed by atoms with Crippen molar-refractivity contribution < 1.29 is 18.3 Å². The number of alkyl halides is 2. The van der Waals surface area contributed by atoms with Crippen molar-refractivity contribution in [1.29, 1.82) is 0 Å². The Morgan fingerprint density at radius 3 is 3.18 bits per heavy atom. The number of amides is 1. The summed E-state index contributed by atoms with van der Waals surface area (Å²) >= 11 is 0. The predicted molar refractivity (Wildman–Crippen MR) is 75.9 cm³/mol. The number of fused-ring (bicyclic) bond motifs is 1. The fourth-order valence-corrected chi connectivity index (χ4v) is 2.60. The number of rotatable bonds is 3. The number of nitrogens with zero attached hydrogens (tertiary/aromatic N) is 2. The van der Waals surface area contributed by atoms with Crippen LogP contribution in [0.2, 0.25) is 0 Å². The molecule has 0 bridgehead atoms. The molecule has 1 aliphatic rings. The van der Waals surface area contributed by atoms with Gasteiger partial charge in [0.2, 0.25) is 5.91 Å². The minimum absolute atomic E-state index is 0.00278. The zero-order valence-electron chi connectivity index (χ0n) is 12.2. The van der Waals surface area contributed by atoms with Crippen molar-refractivity contribution in [3.8, 4) is 0 Å². The summed E-state index contributed by atoms with van der Waals surface area (Å²) < 4.78 is 34.2. The Balaban J connectivity index is 1.72. The van der Waals surface area contributed by atoms with Gasteiger partial charge >= 0.3 is 0 Å². The Kier molecular flexibility index (Phi) is 3.82. The average molecular weight is 309 g/mol. The van der Waals surface area contributed by atoms with Gasteiger partial charge in [0, 0.05) is 18.8 Å². The minimum atomic E-state index is -2.93. The van der Waals surface area contributed by atoms with Gasteiger partial charge in [-0.2, -0.15) is 0 Å². The Bertz CT molecular complexity index is 699. The Morgan fingerprint density at radius 1 is 1.59 bits per heavy atom. The second-order valence-corrected chi connectivity index (χ2v) is 5.52. The Morgan fingerprint density at radius 2 is 2.41 bits per heavy atom. The summed E-state index contributed by atoms with van der Waals surface area (Å²) in [4.78, 5) is 16.3. The number of carbonyl (C=O) groups is 1. The molecule has 1 unspecified atom stereocenters. The maximum atomic E-state index is 13.7. The number of nitrogens with one attached hydrogen (secondary N) is 1. The molecule has 1 N–H and O–H groups in total. The van der Waals surface area contributed by atoms with Gasteiger partial charge in [-0.15, -0.1) is 0 Å². The van der Waals surface area contributed by atoms with E-state index in [1.54, 1.807) is 16.8 Å². The molecule has 7 heteroatoms. The molecular formula is C15H17F2N3O2. The lowest BCUT2D eigenvalue weighted by Gasteiger charge is -2.31. The van der Waals surface area contributed by atoms with Crippen LogP contribution >= 0.6 is 0 Å². The summed E-state index contributed by atoms with van der Waals surface area (Å²) in [5, 5.41) is 2.37. The molecule has 2 aromatic rings. The second kappa shape index (κ2) is 5.64. The van der Waals surface area contributed by atoms with Crippen molar-refractivity contribution in [1.82, 2.24) is 14.7 Å². The molecule has 2 aromatic heterocycles. The average Bonchev–Trinajstić information content (AvgIpc) is 2.86. The van der Waals surface area contributed by atoms with E-state index in [2.05, 4.69) is 10.3 Å². The number of carbonyl (C=O) groups excluding carboxylic acids is 1. The summed E-state index contributed by atoms with van der Waals surface area (Å²) in [6.07, 6.45) is 3.03. The fourth-order valence-electron chi connectivity index (χ4n) is 2.60. The molecule has 0 aliphatic carbocycles. The third kappa shape index (κ3) is 2.81. The zero-order valence-corrected chi connectivity index (χ0v) is 12.2. The van der Waals surface area contributed by atoms with Crippen LogP contribution in [0.1, 0.15) is 17.7 Å². The Labute approximate surface area is 126 Å². The molecule has 1 atom stereocenters. The maximum Gasteiger partial charge on any atom is 0.272 e. The first-order valence-corrected chi connectivity index (χ1v) is 7.14. The lowest BCUT2D eigenvalue weighted by Crippen LogP contribution is -2.54. The molecule has 22 heavy (non-hydrogen) atoms. The van der Waals surface area contributed by atoms with Crippen molar-refractivity contribution in [3.05, 3.63) is 35.8 Å². The first-order valence-electron chi connectivity index (χ1n) is 7.14. The number of ether oxygens (including phenoxy) is 1. The zero-order chi connectivity index (χ0) is 15.7. The van der Waals surface area contributed by atoms with E-state index in [0.717, 1.165) is 11.2 Å². The van der Waals surface area contributed by atoms with Crippen LogP contribution < -0.4 is 5.32 Å². The molecule has 0 radical (unpaired) electrons. The number of pyridine rings is 1. The molecule has 1 amide bonds. The summed E-state index contributed by atoms with van der Waals surface area (Å²) in [7, 11) is 0. The highest BCUT2D eigenvalue weighted by molar-refractivity contribution is 5.79. The monoisotopic (exact) mass is 309 g/mol. The molecule has 0 spiro atoms. The van der Waals surface area contributed by atoms with Crippen LogP contribution in [0.15, 0.2) is 24.5 Å². The van der Waals surface area contributed by atoms with Crippen LogP contribution in [0.3, 0.4) is 0 Å².